The summed E-state index contributed by atoms with van der Waals surface area (Å²) in [5, 5.41) is 0. The Hall–Kier alpha value is -9.55. The van der Waals surface area contributed by atoms with E-state index < -0.39 is 34.4 Å². The third-order valence-corrected chi connectivity index (χ3v) is 19.3. The minimum Gasteiger partial charge on any atom is -0.408 e. The predicted octanol–water partition coefficient (Wildman–Crippen LogP) is 25.5. The molecule has 0 aromatic heterocycles. The van der Waals surface area contributed by atoms with Gasteiger partial charge in [0.15, 0.2) is 0 Å². The molecule has 12 rings (SSSR count). The van der Waals surface area contributed by atoms with Crippen molar-refractivity contribution in [2.45, 2.75) is 83.1 Å². The van der Waals surface area contributed by atoms with Crippen LogP contribution in [0.3, 0.4) is 0 Å². The SMILES string of the molecule is Cc1ccccc1OP(Oc1ccccc1C)Oc1ccccc1C.Cc1ccccc1OP(Oc1ccccc1C)Oc1ccccc1C.Cc1ccccc1OP(Oc1ccccc1C)Oc1ccccc1C.Cc1ccccc1OP(Oc1ccccc1C)Oc1ccccc1C.[Ni]. The van der Waals surface area contributed by atoms with Crippen molar-refractivity contribution in [3.05, 3.63) is 358 Å². The average molecular weight is 1470 g/mol. The summed E-state index contributed by atoms with van der Waals surface area (Å²) in [7, 11) is -6.55. The van der Waals surface area contributed by atoms with Gasteiger partial charge in [-0.05, 0) is 223 Å². The molecule has 0 aliphatic heterocycles. The third kappa shape index (κ3) is 24.4. The van der Waals surface area contributed by atoms with Gasteiger partial charge in [0.1, 0.15) is 69.0 Å². The van der Waals surface area contributed by atoms with E-state index >= 15 is 0 Å². The normalized spacial score (nSPS) is 10.5. The fourth-order valence-corrected chi connectivity index (χ4v) is 13.9. The molecule has 0 aliphatic rings. The summed E-state index contributed by atoms with van der Waals surface area (Å²) in [6.07, 6.45) is 0. The molecule has 0 bridgehead atoms. The fraction of sp³-hybridized carbons (Fsp3) is 0.143. The Labute approximate surface area is 611 Å². The molecule has 12 aromatic carbocycles. The molecule has 0 heterocycles. The van der Waals surface area contributed by atoms with Gasteiger partial charge in [0, 0.05) is 16.5 Å². The van der Waals surface area contributed by atoms with Crippen LogP contribution in [-0.4, -0.2) is 0 Å². The summed E-state index contributed by atoms with van der Waals surface area (Å²) in [6, 6.07) is 94.2. The van der Waals surface area contributed by atoms with Crippen LogP contribution >= 0.6 is 34.4 Å². The molecule has 12 aromatic rings. The molecule has 101 heavy (non-hydrogen) atoms. The van der Waals surface area contributed by atoms with E-state index in [1.807, 2.05) is 374 Å². The van der Waals surface area contributed by atoms with Gasteiger partial charge in [0.25, 0.3) is 0 Å². The largest absolute Gasteiger partial charge is 0.530 e. The molecule has 0 amide bonds. The first-order chi connectivity index (χ1) is 48.5. The second-order valence-corrected chi connectivity index (χ2v) is 27.2. The van der Waals surface area contributed by atoms with Gasteiger partial charge in [-0.15, -0.1) is 0 Å². The molecular formula is C84H84NiO12P4. The van der Waals surface area contributed by atoms with Crippen molar-refractivity contribution < 1.29 is 70.8 Å². The molecule has 0 radical (unpaired) electrons. The first-order valence-electron chi connectivity index (χ1n) is 32.6. The van der Waals surface area contributed by atoms with E-state index in [1.54, 1.807) is 0 Å². The molecule has 12 nitrogen and oxygen atoms in total. The summed E-state index contributed by atoms with van der Waals surface area (Å²) in [5.41, 5.74) is 12.5. The number of rotatable bonds is 24. The molecule has 0 N–H and O–H groups in total. The maximum atomic E-state index is 6.08. The van der Waals surface area contributed by atoms with E-state index in [1.165, 1.54) is 0 Å². The van der Waals surface area contributed by atoms with Crippen molar-refractivity contribution in [1.82, 2.24) is 0 Å². The van der Waals surface area contributed by atoms with Crippen molar-refractivity contribution in [1.29, 1.82) is 0 Å². The third-order valence-electron chi connectivity index (χ3n) is 15.2. The fourth-order valence-electron chi connectivity index (χ4n) is 9.09. The molecule has 0 saturated carbocycles. The Morgan fingerprint density at radius 1 is 0.129 bits per heavy atom. The van der Waals surface area contributed by atoms with Gasteiger partial charge in [0.2, 0.25) is 0 Å². The van der Waals surface area contributed by atoms with Crippen LogP contribution in [0, 0.1) is 83.1 Å². The van der Waals surface area contributed by atoms with Crippen LogP contribution in [0.2, 0.25) is 0 Å². The minimum atomic E-state index is -1.64. The summed E-state index contributed by atoms with van der Waals surface area (Å²) in [5.74, 6) is 9.12. The molecular weight excluding hydrogens is 1380 g/mol. The van der Waals surface area contributed by atoms with Crippen molar-refractivity contribution in [3.8, 4) is 69.0 Å². The smallest absolute Gasteiger partial charge is 0.408 e. The number of para-hydroxylation sites is 12. The Balaban J connectivity index is 0.000000171. The van der Waals surface area contributed by atoms with Crippen LogP contribution in [0.5, 0.6) is 69.0 Å². The van der Waals surface area contributed by atoms with Gasteiger partial charge in [-0.3, -0.25) is 0 Å². The quantitative estimate of drug-likeness (QED) is 0.0424. The molecule has 0 atom stereocenters. The molecule has 0 fully saturated rings. The van der Waals surface area contributed by atoms with Crippen LogP contribution < -0.4 is 54.3 Å². The van der Waals surface area contributed by atoms with E-state index in [9.17, 15) is 0 Å². The molecule has 522 valence electrons. The second kappa shape index (κ2) is 40.0. The Morgan fingerprint density at radius 3 is 0.267 bits per heavy atom. The second-order valence-electron chi connectivity index (χ2n) is 23.2. The zero-order valence-corrected chi connectivity index (χ0v) is 63.3. The summed E-state index contributed by atoms with van der Waals surface area (Å²) in [6.45, 7) is 24.1. The minimum absolute atomic E-state index is 0. The molecule has 0 spiro atoms. The van der Waals surface area contributed by atoms with Crippen LogP contribution in [0.15, 0.2) is 291 Å². The van der Waals surface area contributed by atoms with E-state index in [0.29, 0.717) is 0 Å². The predicted molar refractivity (Wildman–Crippen MR) is 409 cm³/mol. The summed E-state index contributed by atoms with van der Waals surface area (Å²) >= 11 is 0. The van der Waals surface area contributed by atoms with E-state index in [2.05, 4.69) is 0 Å². The maximum absolute atomic E-state index is 6.08. The summed E-state index contributed by atoms with van der Waals surface area (Å²) in [4.78, 5) is 0. The maximum Gasteiger partial charge on any atom is 0.530 e. The van der Waals surface area contributed by atoms with Gasteiger partial charge >= 0.3 is 34.4 Å². The van der Waals surface area contributed by atoms with Crippen LogP contribution in [-0.2, 0) is 16.5 Å². The van der Waals surface area contributed by atoms with Gasteiger partial charge in [-0.1, -0.05) is 218 Å². The first kappa shape index (κ1) is 77.2. The zero-order valence-electron chi connectivity index (χ0n) is 58.7. The monoisotopic (exact) mass is 1470 g/mol. The molecule has 17 heteroatoms. The number of benzene rings is 12. The van der Waals surface area contributed by atoms with Crippen molar-refractivity contribution in [2.24, 2.45) is 0 Å². The van der Waals surface area contributed by atoms with Crippen LogP contribution in [0.4, 0.5) is 0 Å². The van der Waals surface area contributed by atoms with Crippen molar-refractivity contribution in [2.75, 3.05) is 0 Å². The Kier molecular flexibility index (Phi) is 30.6. The zero-order chi connectivity index (χ0) is 70.6. The van der Waals surface area contributed by atoms with Gasteiger partial charge in [-0.25, -0.2) is 0 Å². The van der Waals surface area contributed by atoms with E-state index in [-0.39, 0.29) is 16.5 Å². The van der Waals surface area contributed by atoms with Gasteiger partial charge < -0.3 is 54.3 Å². The first-order valence-corrected chi connectivity index (χ1v) is 37.0. The van der Waals surface area contributed by atoms with Crippen LogP contribution in [0.25, 0.3) is 0 Å². The number of aryl methyl sites for hydroxylation is 12. The van der Waals surface area contributed by atoms with Crippen LogP contribution in [0.1, 0.15) is 66.8 Å². The molecule has 0 unspecified atom stereocenters. The Morgan fingerprint density at radius 2 is 0.198 bits per heavy atom. The number of hydrogen-bond donors (Lipinski definition) is 0. The van der Waals surface area contributed by atoms with E-state index in [0.717, 1.165) is 136 Å². The average Bonchev–Trinajstić information content (AvgIpc) is 0.888. The van der Waals surface area contributed by atoms with Crippen molar-refractivity contribution in [3.63, 3.8) is 0 Å². The Bertz CT molecular complexity index is 3520. The standard InChI is InChI=1S/4C21H21O3P.Ni/c4*1-16-10-4-7-13-19(16)22-25(23-20-14-8-5-11-17(20)2)24-21-15-9-6-12-18(21)3;/h4*4-15H,1-3H3;. The summed E-state index contributed by atoms with van der Waals surface area (Å²) < 4.78 is 73.0. The topological polar surface area (TPSA) is 111 Å². The van der Waals surface area contributed by atoms with Crippen molar-refractivity contribution >= 4 is 34.4 Å². The molecule has 0 aliphatic carbocycles. The molecule has 0 saturated heterocycles. The number of hydrogen-bond acceptors (Lipinski definition) is 12. The van der Waals surface area contributed by atoms with Gasteiger partial charge in [0.05, 0.1) is 0 Å². The van der Waals surface area contributed by atoms with E-state index in [4.69, 9.17) is 54.3 Å². The van der Waals surface area contributed by atoms with Gasteiger partial charge in [-0.2, -0.15) is 0 Å².